The fourth-order valence-corrected chi connectivity index (χ4v) is 3.85. The Morgan fingerprint density at radius 1 is 1.08 bits per heavy atom. The van der Waals surface area contributed by atoms with Crippen molar-refractivity contribution in [1.29, 1.82) is 5.26 Å². The van der Waals surface area contributed by atoms with Crippen LogP contribution in [0.15, 0.2) is 53.4 Å². The Hall–Kier alpha value is -4.03. The summed E-state index contributed by atoms with van der Waals surface area (Å²) in [6, 6.07) is 13.0. The largest absolute Gasteiger partial charge is 0.451 e. The molecule has 0 radical (unpaired) electrons. The van der Waals surface area contributed by atoms with Gasteiger partial charge in [-0.15, -0.1) is 9.32 Å². The molecule has 36 heavy (non-hydrogen) atoms. The van der Waals surface area contributed by atoms with Gasteiger partial charge >= 0.3 is 6.18 Å². The lowest BCUT2D eigenvalue weighted by Crippen LogP contribution is -2.17. The molecule has 14 heteroatoms. The molecule has 0 aliphatic carbocycles. The van der Waals surface area contributed by atoms with E-state index in [0.717, 1.165) is 28.9 Å². The molecule has 0 fully saturated rings. The quantitative estimate of drug-likeness (QED) is 0.161. The number of halogens is 4. The van der Waals surface area contributed by atoms with E-state index in [-0.39, 0.29) is 39.7 Å². The van der Waals surface area contributed by atoms with Crippen LogP contribution >= 0.6 is 12.0 Å². The number of hydrogen-bond acceptors (Lipinski definition) is 9. The van der Waals surface area contributed by atoms with E-state index in [1.54, 1.807) is 24.3 Å². The molecule has 0 aliphatic heterocycles. The molecule has 0 aliphatic rings. The van der Waals surface area contributed by atoms with Crippen molar-refractivity contribution in [2.45, 2.75) is 18.0 Å². The zero-order valence-electron chi connectivity index (χ0n) is 18.2. The Morgan fingerprint density at radius 3 is 2.42 bits per heavy atom. The van der Waals surface area contributed by atoms with Gasteiger partial charge in [-0.05, 0) is 48.9 Å². The van der Waals surface area contributed by atoms with Crippen LogP contribution in [0.2, 0.25) is 0 Å². The number of benzene rings is 2. The second-order valence-corrected chi connectivity index (χ2v) is 8.02. The molecule has 4 N–H and O–H groups in total. The predicted octanol–water partition coefficient (Wildman–Crippen LogP) is 4.75. The monoisotopic (exact) mass is 517 g/mol. The van der Waals surface area contributed by atoms with Crippen molar-refractivity contribution in [2.75, 3.05) is 5.73 Å². The van der Waals surface area contributed by atoms with E-state index >= 15 is 0 Å². The van der Waals surface area contributed by atoms with E-state index in [1.165, 1.54) is 19.1 Å². The summed E-state index contributed by atoms with van der Waals surface area (Å²) < 4.78 is 60.9. The van der Waals surface area contributed by atoms with Crippen LogP contribution in [0.3, 0.4) is 0 Å². The maximum Gasteiger partial charge on any atom is 0.451 e. The topological polar surface area (TPSA) is 138 Å². The first kappa shape index (κ1) is 25.1. The Morgan fingerprint density at radius 2 is 1.81 bits per heavy atom. The summed E-state index contributed by atoms with van der Waals surface area (Å²) in [4.78, 5) is 12.1. The molecule has 4 aromatic rings. The Balaban J connectivity index is 2.11. The highest BCUT2D eigenvalue weighted by atomic mass is 32.2. The zero-order chi connectivity index (χ0) is 26.0. The number of aromatic nitrogens is 4. The molecule has 2 heterocycles. The molecule has 2 aromatic carbocycles. The Kier molecular flexibility index (Phi) is 6.91. The summed E-state index contributed by atoms with van der Waals surface area (Å²) in [5, 5.41) is 13.6. The molecule has 9 nitrogen and oxygen atoms in total. The van der Waals surface area contributed by atoms with E-state index in [9.17, 15) is 22.8 Å². The molecule has 0 unspecified atom stereocenters. The number of anilines is 1. The van der Waals surface area contributed by atoms with Crippen LogP contribution < -0.4 is 11.6 Å². The van der Waals surface area contributed by atoms with Crippen molar-refractivity contribution in [3.05, 3.63) is 71.4 Å². The maximum atomic E-state index is 13.9. The van der Waals surface area contributed by atoms with Gasteiger partial charge in [0.1, 0.15) is 23.3 Å². The van der Waals surface area contributed by atoms with E-state index in [0.29, 0.717) is 10.5 Å². The van der Waals surface area contributed by atoms with E-state index in [4.69, 9.17) is 11.6 Å². The lowest BCUT2D eigenvalue weighted by molar-refractivity contribution is -0.195. The summed E-state index contributed by atoms with van der Waals surface area (Å²) in [5.74, 6) is 2.28. The van der Waals surface area contributed by atoms with Gasteiger partial charge in [-0.3, -0.25) is 0 Å². The highest BCUT2D eigenvalue weighted by molar-refractivity contribution is 7.94. The van der Waals surface area contributed by atoms with Gasteiger partial charge in [0.2, 0.25) is 5.82 Å². The first-order chi connectivity index (χ1) is 17.1. The summed E-state index contributed by atoms with van der Waals surface area (Å²) in [6.07, 6.45) is -4.94. The average molecular weight is 517 g/mol. The first-order valence-electron chi connectivity index (χ1n) is 9.95. The summed E-state index contributed by atoms with van der Waals surface area (Å²) in [7, 11) is 0. The van der Waals surface area contributed by atoms with Gasteiger partial charge in [-0.25, -0.2) is 14.4 Å². The van der Waals surface area contributed by atoms with Crippen molar-refractivity contribution < 1.29 is 26.9 Å². The van der Waals surface area contributed by atoms with Crippen LogP contribution in [0, 0.1) is 24.1 Å². The number of nitrogens with two attached hydrogens (primary N) is 2. The maximum absolute atomic E-state index is 13.9. The average Bonchev–Trinajstić information content (AvgIpc) is 3.14. The third-order valence-corrected chi connectivity index (χ3v) is 5.55. The molecule has 0 amide bonds. The molecule has 0 saturated heterocycles. The standard InChI is InChI=1S/C22H15F4N7O2S/c1-11-16(10-27)19(28)33(32-11)20-17(13-3-2-4-15(9-13)36-35-34-29)18(12-5-7-14(23)8-6-12)30-21(31-20)22(24,25)26/h2-9H,28-29H2,1H3. The number of aryl methyl sites for hydroxylation is 1. The molecule has 0 bridgehead atoms. The highest BCUT2D eigenvalue weighted by Crippen LogP contribution is 2.40. The molecule has 4 rings (SSSR count). The third-order valence-electron chi connectivity index (χ3n) is 4.96. The predicted molar refractivity (Wildman–Crippen MR) is 121 cm³/mol. The minimum absolute atomic E-state index is 0.0192. The lowest BCUT2D eigenvalue weighted by atomic mass is 9.99. The van der Waals surface area contributed by atoms with Crippen LogP contribution in [0.4, 0.5) is 23.4 Å². The molecule has 0 saturated carbocycles. The van der Waals surface area contributed by atoms with Gasteiger partial charge in [-0.2, -0.15) is 34.1 Å². The van der Waals surface area contributed by atoms with E-state index < -0.39 is 17.8 Å². The minimum Gasteiger partial charge on any atom is -0.382 e. The number of nitrogen functional groups attached to an aromatic ring is 1. The highest BCUT2D eigenvalue weighted by Gasteiger charge is 2.37. The SMILES string of the molecule is Cc1nn(-c2nc(C(F)(F)F)nc(-c3ccc(F)cc3)c2-c2cccc(SOON)c2)c(N)c1C#N. The molecule has 184 valence electrons. The Bertz CT molecular complexity index is 1470. The van der Waals surface area contributed by atoms with E-state index in [1.807, 2.05) is 6.07 Å². The molecular formula is C22H15F4N7O2S. The van der Waals surface area contributed by atoms with Crippen molar-refractivity contribution in [1.82, 2.24) is 19.7 Å². The van der Waals surface area contributed by atoms with Gasteiger partial charge < -0.3 is 5.73 Å². The first-order valence-corrected chi connectivity index (χ1v) is 10.7. The smallest absolute Gasteiger partial charge is 0.382 e. The second-order valence-electron chi connectivity index (χ2n) is 7.24. The van der Waals surface area contributed by atoms with Gasteiger partial charge in [0.05, 0.1) is 29.0 Å². The second kappa shape index (κ2) is 9.91. The molecule has 2 aromatic heterocycles. The van der Waals surface area contributed by atoms with E-state index in [2.05, 4.69) is 24.4 Å². The summed E-state index contributed by atoms with van der Waals surface area (Å²) in [6.45, 7) is 1.49. The van der Waals surface area contributed by atoms with Gasteiger partial charge in [-0.1, -0.05) is 12.1 Å². The van der Waals surface area contributed by atoms with Gasteiger partial charge in [0.25, 0.3) is 0 Å². The number of nitrogens with zero attached hydrogens (tertiary/aromatic N) is 5. The zero-order valence-corrected chi connectivity index (χ0v) is 19.1. The minimum atomic E-state index is -4.94. The van der Waals surface area contributed by atoms with Crippen LogP contribution in [0.1, 0.15) is 17.1 Å². The van der Waals surface area contributed by atoms with Crippen LogP contribution in [0.25, 0.3) is 28.2 Å². The van der Waals surface area contributed by atoms with Crippen molar-refractivity contribution in [3.8, 4) is 34.3 Å². The number of alkyl halides is 3. The Labute approximate surface area is 205 Å². The lowest BCUT2D eigenvalue weighted by Gasteiger charge is -2.18. The van der Waals surface area contributed by atoms with Crippen LogP contribution in [-0.2, 0) is 15.5 Å². The van der Waals surface area contributed by atoms with Crippen LogP contribution in [0.5, 0.6) is 0 Å². The molecule has 0 atom stereocenters. The van der Waals surface area contributed by atoms with Crippen molar-refractivity contribution in [3.63, 3.8) is 0 Å². The molecular weight excluding hydrogens is 502 g/mol. The van der Waals surface area contributed by atoms with Gasteiger partial charge in [0, 0.05) is 10.5 Å². The van der Waals surface area contributed by atoms with Crippen molar-refractivity contribution >= 4 is 17.9 Å². The number of rotatable bonds is 6. The summed E-state index contributed by atoms with van der Waals surface area (Å²) >= 11 is 0.747. The fourth-order valence-electron chi connectivity index (χ4n) is 3.42. The summed E-state index contributed by atoms with van der Waals surface area (Å²) in [5.41, 5.74) is 6.69. The van der Waals surface area contributed by atoms with Crippen LogP contribution in [-0.4, -0.2) is 19.7 Å². The number of hydrogen-bond donors (Lipinski definition) is 2. The molecule has 0 spiro atoms. The third kappa shape index (κ3) is 4.86. The van der Waals surface area contributed by atoms with Crippen molar-refractivity contribution in [2.24, 2.45) is 5.90 Å². The van der Waals surface area contributed by atoms with Gasteiger partial charge in [0.15, 0.2) is 5.82 Å². The number of nitriles is 1. The fraction of sp³-hybridized carbons (Fsp3) is 0.0909. The normalized spacial score (nSPS) is 11.5.